The third-order valence-corrected chi connectivity index (χ3v) is 4.73. The zero-order chi connectivity index (χ0) is 8.22. The molecule has 0 aromatic rings. The summed E-state index contributed by atoms with van der Waals surface area (Å²) in [5, 5.41) is 0. The van der Waals surface area contributed by atoms with Gasteiger partial charge >= 0.3 is 0 Å². The van der Waals surface area contributed by atoms with Crippen LogP contribution in [0, 0.1) is 23.2 Å². The lowest BCUT2D eigenvalue weighted by atomic mass is 9.41. The van der Waals surface area contributed by atoms with Gasteiger partial charge in [-0.05, 0) is 29.6 Å². The van der Waals surface area contributed by atoms with Gasteiger partial charge in [0.2, 0.25) is 0 Å². The molecule has 0 aromatic heterocycles. The van der Waals surface area contributed by atoms with Crippen molar-refractivity contribution < 1.29 is 0 Å². The van der Waals surface area contributed by atoms with Crippen molar-refractivity contribution >= 4 is 7.85 Å². The third kappa shape index (κ3) is 0.831. The van der Waals surface area contributed by atoms with Gasteiger partial charge in [0, 0.05) is 0 Å². The van der Waals surface area contributed by atoms with E-state index in [0.717, 1.165) is 23.6 Å². The molecule has 0 heterocycles. The fourth-order valence-corrected chi connectivity index (χ4v) is 3.41. The second-order valence-corrected chi connectivity index (χ2v) is 5.43. The molecule has 3 fully saturated rings. The lowest BCUT2D eigenvalue weighted by Gasteiger charge is -2.62. The van der Waals surface area contributed by atoms with Gasteiger partial charge in [-0.15, -0.1) is 0 Å². The molecule has 0 N–H and O–H groups in total. The van der Waals surface area contributed by atoms with Crippen molar-refractivity contribution in [2.24, 2.45) is 23.2 Å². The summed E-state index contributed by atoms with van der Waals surface area (Å²) < 4.78 is 0. The van der Waals surface area contributed by atoms with E-state index in [0.29, 0.717) is 5.41 Å². The van der Waals surface area contributed by atoms with E-state index in [1.54, 1.807) is 0 Å². The Balaban J connectivity index is 2.17. The standard InChI is InChI=1S/C10H19B/c1-6-8-4-7(5-9(6)11)10(8,2)3/h6-9H,4-5,11H2,1-3H3/t6-,7+,8-,9-/m0/s1. The molecule has 0 nitrogen and oxygen atoms in total. The van der Waals surface area contributed by atoms with Crippen LogP contribution in [0.4, 0.5) is 0 Å². The van der Waals surface area contributed by atoms with Crippen LogP contribution in [0.2, 0.25) is 5.82 Å². The fourth-order valence-electron chi connectivity index (χ4n) is 3.41. The molecule has 3 rings (SSSR count). The summed E-state index contributed by atoms with van der Waals surface area (Å²) in [6.45, 7) is 7.38. The Hall–Kier alpha value is 0.0649. The van der Waals surface area contributed by atoms with Crippen LogP contribution in [0.5, 0.6) is 0 Å². The maximum atomic E-state index is 2.47. The highest BCUT2D eigenvalue weighted by atomic mass is 14.6. The molecule has 0 radical (unpaired) electrons. The SMILES string of the molecule is B[C@H]1C[C@H]2C[C@@H]([C@@H]1C)C2(C)C. The van der Waals surface area contributed by atoms with E-state index in [-0.39, 0.29) is 0 Å². The molecular weight excluding hydrogens is 131 g/mol. The average Bonchev–Trinajstić information content (AvgIpc) is 1.93. The van der Waals surface area contributed by atoms with E-state index in [1.807, 2.05) is 0 Å². The van der Waals surface area contributed by atoms with Gasteiger partial charge in [-0.2, -0.15) is 0 Å². The van der Waals surface area contributed by atoms with E-state index >= 15 is 0 Å². The van der Waals surface area contributed by atoms with Crippen LogP contribution in [-0.4, -0.2) is 7.85 Å². The van der Waals surface area contributed by atoms with Crippen molar-refractivity contribution in [3.63, 3.8) is 0 Å². The van der Waals surface area contributed by atoms with Gasteiger partial charge in [0.1, 0.15) is 7.85 Å². The largest absolute Gasteiger partial charge is 0.105 e. The number of hydrogen-bond acceptors (Lipinski definition) is 0. The summed E-state index contributed by atoms with van der Waals surface area (Å²) in [6.07, 6.45) is 3.02. The van der Waals surface area contributed by atoms with Crippen LogP contribution in [0.3, 0.4) is 0 Å². The molecule has 11 heavy (non-hydrogen) atoms. The van der Waals surface area contributed by atoms with E-state index < -0.39 is 0 Å². The second kappa shape index (κ2) is 2.05. The Morgan fingerprint density at radius 1 is 1.27 bits per heavy atom. The molecule has 62 valence electrons. The van der Waals surface area contributed by atoms with Crippen LogP contribution >= 0.6 is 0 Å². The van der Waals surface area contributed by atoms with Crippen molar-refractivity contribution in [1.82, 2.24) is 0 Å². The van der Waals surface area contributed by atoms with Crippen LogP contribution in [0.1, 0.15) is 33.6 Å². The minimum atomic E-state index is 0.686. The zero-order valence-electron chi connectivity index (χ0n) is 8.22. The molecule has 1 heteroatoms. The minimum Gasteiger partial charge on any atom is -0.0666 e. The molecular formula is C10H19B. The van der Waals surface area contributed by atoms with Crippen molar-refractivity contribution in [1.29, 1.82) is 0 Å². The van der Waals surface area contributed by atoms with Crippen LogP contribution < -0.4 is 0 Å². The number of rotatable bonds is 0. The van der Waals surface area contributed by atoms with Gasteiger partial charge in [0.25, 0.3) is 0 Å². The van der Waals surface area contributed by atoms with Gasteiger partial charge in [-0.25, -0.2) is 0 Å². The molecule has 3 aliphatic carbocycles. The summed E-state index contributed by atoms with van der Waals surface area (Å²) in [7, 11) is 2.43. The molecule has 0 aliphatic heterocycles. The highest BCUT2D eigenvalue weighted by Gasteiger charge is 2.54. The highest BCUT2D eigenvalue weighted by molar-refractivity contribution is 6.12. The summed E-state index contributed by atoms with van der Waals surface area (Å²) in [5.74, 6) is 4.07. The minimum absolute atomic E-state index is 0.686. The van der Waals surface area contributed by atoms with E-state index in [2.05, 4.69) is 28.6 Å². The molecule has 0 unspecified atom stereocenters. The number of fused-ring (bicyclic) bond motifs is 2. The topological polar surface area (TPSA) is 0 Å². The second-order valence-electron chi connectivity index (χ2n) is 5.43. The fraction of sp³-hybridized carbons (Fsp3) is 1.00. The Bertz CT molecular complexity index is 174. The van der Waals surface area contributed by atoms with Gasteiger partial charge in [-0.1, -0.05) is 33.0 Å². The smallest absolute Gasteiger partial charge is 0.0666 e. The molecule has 3 aliphatic rings. The molecule has 0 aromatic carbocycles. The Morgan fingerprint density at radius 3 is 2.27 bits per heavy atom. The van der Waals surface area contributed by atoms with Crippen LogP contribution in [0.15, 0.2) is 0 Å². The first-order chi connectivity index (χ1) is 5.03. The zero-order valence-corrected chi connectivity index (χ0v) is 8.22. The van der Waals surface area contributed by atoms with Crippen molar-refractivity contribution in [3.8, 4) is 0 Å². The summed E-state index contributed by atoms with van der Waals surface area (Å²) in [4.78, 5) is 0. The van der Waals surface area contributed by atoms with E-state index in [4.69, 9.17) is 0 Å². The molecule has 0 amide bonds. The molecule has 0 spiro atoms. The maximum absolute atomic E-state index is 2.47. The van der Waals surface area contributed by atoms with Gasteiger partial charge in [0.15, 0.2) is 0 Å². The maximum Gasteiger partial charge on any atom is 0.105 e. The van der Waals surface area contributed by atoms with Gasteiger partial charge in [0.05, 0.1) is 0 Å². The molecule has 2 bridgehead atoms. The summed E-state index contributed by atoms with van der Waals surface area (Å²) in [5.41, 5.74) is 0.686. The summed E-state index contributed by atoms with van der Waals surface area (Å²) >= 11 is 0. The monoisotopic (exact) mass is 150 g/mol. The molecule has 4 atom stereocenters. The Morgan fingerprint density at radius 2 is 1.91 bits per heavy atom. The first-order valence-corrected chi connectivity index (χ1v) is 5.03. The first kappa shape index (κ1) is 7.70. The number of hydrogen-bond donors (Lipinski definition) is 0. The van der Waals surface area contributed by atoms with Crippen LogP contribution in [0.25, 0.3) is 0 Å². The van der Waals surface area contributed by atoms with E-state index in [9.17, 15) is 0 Å². The molecule has 3 saturated carbocycles. The predicted molar refractivity (Wildman–Crippen MR) is 51.5 cm³/mol. The van der Waals surface area contributed by atoms with Crippen molar-refractivity contribution in [2.75, 3.05) is 0 Å². The van der Waals surface area contributed by atoms with Gasteiger partial charge < -0.3 is 0 Å². The quantitative estimate of drug-likeness (QED) is 0.464. The average molecular weight is 150 g/mol. The first-order valence-electron chi connectivity index (χ1n) is 5.03. The third-order valence-electron chi connectivity index (χ3n) is 4.73. The Kier molecular flexibility index (Phi) is 1.44. The summed E-state index contributed by atoms with van der Waals surface area (Å²) in [6, 6.07) is 0. The Labute approximate surface area is 71.2 Å². The molecule has 0 saturated heterocycles. The van der Waals surface area contributed by atoms with Crippen LogP contribution in [-0.2, 0) is 0 Å². The predicted octanol–water partition coefficient (Wildman–Crippen LogP) is 2.11. The van der Waals surface area contributed by atoms with Crippen molar-refractivity contribution in [2.45, 2.75) is 39.4 Å². The lowest BCUT2D eigenvalue weighted by molar-refractivity contribution is -0.0979. The van der Waals surface area contributed by atoms with Crippen molar-refractivity contribution in [3.05, 3.63) is 0 Å². The highest BCUT2D eigenvalue weighted by Crippen LogP contribution is 2.63. The van der Waals surface area contributed by atoms with Gasteiger partial charge in [-0.3, -0.25) is 0 Å². The lowest BCUT2D eigenvalue weighted by Crippen LogP contribution is -2.53. The normalized spacial score (nSPS) is 53.4. The van der Waals surface area contributed by atoms with E-state index in [1.165, 1.54) is 12.8 Å².